The summed E-state index contributed by atoms with van der Waals surface area (Å²) in [5, 5.41) is -0.806. The van der Waals surface area contributed by atoms with E-state index in [4.69, 9.17) is 23.2 Å². The molecule has 0 saturated heterocycles. The van der Waals surface area contributed by atoms with Crippen molar-refractivity contribution >= 4 is 23.2 Å². The van der Waals surface area contributed by atoms with E-state index in [1.54, 1.807) is 0 Å². The Bertz CT molecular complexity index is 755. The summed E-state index contributed by atoms with van der Waals surface area (Å²) >= 11 is 10.9. The molecule has 2 rings (SSSR count). The Kier molecular flexibility index (Phi) is 3.73. The molecule has 0 fully saturated rings. The Morgan fingerprint density at radius 1 is 1.21 bits per heavy atom. The maximum absolute atomic E-state index is 13.3. The van der Waals surface area contributed by atoms with Gasteiger partial charge in [0.25, 0.3) is 5.56 Å². The molecule has 0 saturated carbocycles. The van der Waals surface area contributed by atoms with Gasteiger partial charge in [-0.2, -0.15) is 4.39 Å². The third-order valence-corrected chi connectivity index (χ3v) is 2.96. The lowest BCUT2D eigenvalue weighted by atomic mass is 10.2. The summed E-state index contributed by atoms with van der Waals surface area (Å²) in [7, 11) is 0. The smallest absolute Gasteiger partial charge is 0.295 e. The highest BCUT2D eigenvalue weighted by atomic mass is 35.5. The first kappa shape index (κ1) is 13.8. The Morgan fingerprint density at radius 2 is 1.89 bits per heavy atom. The number of aromatic nitrogens is 2. The maximum Gasteiger partial charge on any atom is 0.329 e. The van der Waals surface area contributed by atoms with Gasteiger partial charge in [0, 0.05) is 0 Å². The summed E-state index contributed by atoms with van der Waals surface area (Å²) < 4.78 is 26.9. The van der Waals surface area contributed by atoms with Crippen LogP contribution in [-0.2, 0) is 6.54 Å². The van der Waals surface area contributed by atoms with Crippen molar-refractivity contribution in [2.24, 2.45) is 0 Å². The third-order valence-electron chi connectivity index (χ3n) is 2.41. The lowest BCUT2D eigenvalue weighted by molar-refractivity contribution is 0.557. The fraction of sp³-hybridized carbons (Fsp3) is 0.0909. The first-order valence-electron chi connectivity index (χ1n) is 5.02. The van der Waals surface area contributed by atoms with E-state index in [1.165, 1.54) is 12.1 Å². The predicted molar refractivity (Wildman–Crippen MR) is 66.8 cm³/mol. The number of hydrogen-bond acceptors (Lipinski definition) is 2. The molecular formula is C11H6Cl2F2N2O2. The van der Waals surface area contributed by atoms with E-state index in [0.29, 0.717) is 10.1 Å². The van der Waals surface area contributed by atoms with E-state index >= 15 is 0 Å². The van der Waals surface area contributed by atoms with Crippen molar-refractivity contribution in [3.63, 3.8) is 0 Å². The second-order valence-electron chi connectivity index (χ2n) is 3.70. The topological polar surface area (TPSA) is 54.9 Å². The van der Waals surface area contributed by atoms with Gasteiger partial charge in [0.1, 0.15) is 5.82 Å². The minimum absolute atomic E-state index is 0.156. The monoisotopic (exact) mass is 306 g/mol. The summed E-state index contributed by atoms with van der Waals surface area (Å²) in [6.45, 7) is -0.248. The van der Waals surface area contributed by atoms with Gasteiger partial charge < -0.3 is 0 Å². The zero-order chi connectivity index (χ0) is 14.2. The minimum Gasteiger partial charge on any atom is -0.295 e. The predicted octanol–water partition coefficient (Wildman–Crippen LogP) is 2.17. The van der Waals surface area contributed by atoms with E-state index in [-0.39, 0.29) is 11.6 Å². The average molecular weight is 307 g/mol. The summed E-state index contributed by atoms with van der Waals surface area (Å²) in [5.74, 6) is -1.89. The number of benzene rings is 1. The van der Waals surface area contributed by atoms with E-state index in [9.17, 15) is 18.4 Å². The number of H-pyrrole nitrogens is 1. The van der Waals surface area contributed by atoms with E-state index in [2.05, 4.69) is 0 Å². The van der Waals surface area contributed by atoms with E-state index in [1.807, 2.05) is 4.98 Å². The lowest BCUT2D eigenvalue weighted by Gasteiger charge is -2.06. The summed E-state index contributed by atoms with van der Waals surface area (Å²) in [5.41, 5.74) is -1.65. The van der Waals surface area contributed by atoms with Gasteiger partial charge in [0.05, 0.1) is 11.6 Å². The molecule has 1 aromatic heterocycles. The molecule has 0 aliphatic carbocycles. The fourth-order valence-corrected chi connectivity index (χ4v) is 1.85. The molecule has 8 heteroatoms. The first-order chi connectivity index (χ1) is 8.90. The van der Waals surface area contributed by atoms with Gasteiger partial charge in [0.2, 0.25) is 5.82 Å². The fourth-order valence-electron chi connectivity index (χ4n) is 1.49. The van der Waals surface area contributed by atoms with Crippen LogP contribution in [0.1, 0.15) is 5.56 Å². The molecule has 0 amide bonds. The Labute approximate surface area is 115 Å². The van der Waals surface area contributed by atoms with Crippen LogP contribution in [0.4, 0.5) is 8.78 Å². The second kappa shape index (κ2) is 5.14. The van der Waals surface area contributed by atoms with Gasteiger partial charge >= 0.3 is 5.69 Å². The molecule has 1 heterocycles. The molecule has 1 aromatic carbocycles. The zero-order valence-electron chi connectivity index (χ0n) is 9.21. The molecule has 100 valence electrons. The number of nitrogens with zero attached hydrogens (tertiary/aromatic N) is 1. The normalized spacial score (nSPS) is 10.7. The molecule has 0 unspecified atom stereocenters. The maximum atomic E-state index is 13.3. The minimum atomic E-state index is -1.26. The molecule has 0 radical (unpaired) electrons. The zero-order valence-corrected chi connectivity index (χ0v) is 10.7. The molecule has 19 heavy (non-hydrogen) atoms. The van der Waals surface area contributed by atoms with Crippen LogP contribution in [0.25, 0.3) is 0 Å². The molecule has 2 aromatic rings. The molecule has 4 nitrogen and oxygen atoms in total. The molecule has 1 N–H and O–H groups in total. The van der Waals surface area contributed by atoms with Crippen LogP contribution in [0, 0.1) is 11.6 Å². The van der Waals surface area contributed by atoms with Crippen molar-refractivity contribution in [2.45, 2.75) is 6.54 Å². The van der Waals surface area contributed by atoms with E-state index < -0.39 is 28.0 Å². The van der Waals surface area contributed by atoms with Gasteiger partial charge in [0.15, 0.2) is 5.15 Å². The standard InChI is InChI=1S/C11H6Cl2F2N2O2/c12-6-3-5(1-2-7(6)14)4-17-10(18)8(15)9(13)16-11(17)19/h1-3H,4H2,(H,16,19). The van der Waals surface area contributed by atoms with Gasteiger partial charge in [-0.05, 0) is 17.7 Å². The van der Waals surface area contributed by atoms with Crippen LogP contribution in [-0.4, -0.2) is 9.55 Å². The van der Waals surface area contributed by atoms with Gasteiger partial charge in [-0.1, -0.05) is 29.3 Å². The van der Waals surface area contributed by atoms with Crippen LogP contribution < -0.4 is 11.2 Å². The second-order valence-corrected chi connectivity index (χ2v) is 4.48. The highest BCUT2D eigenvalue weighted by molar-refractivity contribution is 6.30. The highest BCUT2D eigenvalue weighted by Crippen LogP contribution is 2.16. The van der Waals surface area contributed by atoms with Crippen LogP contribution in [0.5, 0.6) is 0 Å². The Morgan fingerprint density at radius 3 is 2.53 bits per heavy atom. The summed E-state index contributed by atoms with van der Waals surface area (Å²) in [4.78, 5) is 25.0. The van der Waals surface area contributed by atoms with Crippen LogP contribution in [0.3, 0.4) is 0 Å². The number of halogens is 4. The van der Waals surface area contributed by atoms with Gasteiger partial charge in [-0.25, -0.2) is 9.18 Å². The Hall–Kier alpha value is -1.66. The van der Waals surface area contributed by atoms with Gasteiger partial charge in [-0.15, -0.1) is 0 Å². The SMILES string of the molecule is O=c1[nH]c(Cl)c(F)c(=O)n1Cc1ccc(F)c(Cl)c1. The van der Waals surface area contributed by atoms with Crippen LogP contribution in [0.2, 0.25) is 10.2 Å². The van der Waals surface area contributed by atoms with Crippen molar-refractivity contribution in [3.05, 3.63) is 66.4 Å². The third kappa shape index (κ3) is 2.69. The summed E-state index contributed by atoms with van der Waals surface area (Å²) in [6.07, 6.45) is 0. The van der Waals surface area contributed by atoms with Crippen molar-refractivity contribution in [1.29, 1.82) is 0 Å². The van der Waals surface area contributed by atoms with E-state index in [0.717, 1.165) is 6.07 Å². The lowest BCUT2D eigenvalue weighted by Crippen LogP contribution is -2.37. The van der Waals surface area contributed by atoms with Crippen molar-refractivity contribution in [1.82, 2.24) is 9.55 Å². The molecule has 0 atom stereocenters. The molecule has 0 aliphatic rings. The Balaban J connectivity index is 2.50. The number of nitrogens with one attached hydrogen (secondary N) is 1. The van der Waals surface area contributed by atoms with Crippen molar-refractivity contribution in [2.75, 3.05) is 0 Å². The average Bonchev–Trinajstić information content (AvgIpc) is 2.36. The van der Waals surface area contributed by atoms with Gasteiger partial charge in [-0.3, -0.25) is 14.3 Å². The number of rotatable bonds is 2. The van der Waals surface area contributed by atoms with Crippen molar-refractivity contribution < 1.29 is 8.78 Å². The number of aromatic amines is 1. The molecule has 0 aliphatic heterocycles. The molecule has 0 spiro atoms. The highest BCUT2D eigenvalue weighted by Gasteiger charge is 2.13. The molecule has 0 bridgehead atoms. The molecular weight excluding hydrogens is 301 g/mol. The van der Waals surface area contributed by atoms with Crippen LogP contribution >= 0.6 is 23.2 Å². The first-order valence-corrected chi connectivity index (χ1v) is 5.78. The van der Waals surface area contributed by atoms with Crippen LogP contribution in [0.15, 0.2) is 27.8 Å². The van der Waals surface area contributed by atoms with Crippen molar-refractivity contribution in [3.8, 4) is 0 Å². The quantitative estimate of drug-likeness (QED) is 0.865. The number of hydrogen-bond donors (Lipinski definition) is 1. The summed E-state index contributed by atoms with van der Waals surface area (Å²) in [6, 6.07) is 3.66. The largest absolute Gasteiger partial charge is 0.329 e.